The molecule has 2 aromatic heterocycles. The van der Waals surface area contributed by atoms with Crippen LogP contribution < -0.4 is 5.32 Å². The lowest BCUT2D eigenvalue weighted by Crippen LogP contribution is -2.28. The van der Waals surface area contributed by atoms with E-state index in [-0.39, 0.29) is 10.7 Å². The molecule has 2 rings (SSSR count). The van der Waals surface area contributed by atoms with Crippen molar-refractivity contribution in [3.63, 3.8) is 0 Å². The molecule has 0 spiro atoms. The highest BCUT2D eigenvalue weighted by atomic mass is 79.9. The van der Waals surface area contributed by atoms with Crippen LogP contribution in [0.25, 0.3) is 5.52 Å². The van der Waals surface area contributed by atoms with Crippen LogP contribution in [0.5, 0.6) is 0 Å². The van der Waals surface area contributed by atoms with Crippen molar-refractivity contribution in [2.45, 2.75) is 11.8 Å². The summed E-state index contributed by atoms with van der Waals surface area (Å²) in [5.41, 5.74) is 1.25. The monoisotopic (exact) mass is 282 g/mol. The molecule has 1 atom stereocenters. The van der Waals surface area contributed by atoms with Crippen LogP contribution in [0.3, 0.4) is 0 Å². The summed E-state index contributed by atoms with van der Waals surface area (Å²) in [5, 5.41) is 6.88. The van der Waals surface area contributed by atoms with Crippen LogP contribution in [0.15, 0.2) is 24.8 Å². The van der Waals surface area contributed by atoms with Gasteiger partial charge in [-0.3, -0.25) is 9.78 Å². The lowest BCUT2D eigenvalue weighted by Gasteiger charge is -2.04. The lowest BCUT2D eigenvalue weighted by molar-refractivity contribution is 0.0956. The Morgan fingerprint density at radius 1 is 1.62 bits per heavy atom. The zero-order valence-electron chi connectivity index (χ0n) is 8.72. The third-order valence-electron chi connectivity index (χ3n) is 2.11. The average Bonchev–Trinajstić information content (AvgIpc) is 2.69. The molecule has 0 aliphatic rings. The molecule has 2 heterocycles. The number of alkyl halides is 1. The van der Waals surface area contributed by atoms with E-state index in [9.17, 15) is 4.79 Å². The molecule has 6 heteroatoms. The van der Waals surface area contributed by atoms with E-state index in [1.54, 1.807) is 29.3 Å². The minimum Gasteiger partial charge on any atom is -0.351 e. The number of hydrogen-bond donors (Lipinski definition) is 1. The van der Waals surface area contributed by atoms with E-state index in [4.69, 9.17) is 0 Å². The molecule has 0 radical (unpaired) electrons. The van der Waals surface area contributed by atoms with Gasteiger partial charge in [-0.25, -0.2) is 4.52 Å². The van der Waals surface area contributed by atoms with Crippen LogP contribution in [0.2, 0.25) is 0 Å². The lowest BCUT2D eigenvalue weighted by atomic mass is 10.3. The van der Waals surface area contributed by atoms with E-state index in [0.29, 0.717) is 17.6 Å². The molecule has 1 unspecified atom stereocenters. The molecule has 1 amide bonds. The summed E-state index contributed by atoms with van der Waals surface area (Å²) < 4.78 is 1.62. The third-order valence-corrected chi connectivity index (χ3v) is 2.44. The SMILES string of the molecule is CC(Br)CNC(=O)c1cnn2ccncc12. The molecular formula is C10H11BrN4O. The zero-order valence-corrected chi connectivity index (χ0v) is 10.3. The summed E-state index contributed by atoms with van der Waals surface area (Å²) in [4.78, 5) is 16.0. The Bertz CT molecular complexity index is 508. The van der Waals surface area contributed by atoms with Crippen LogP contribution in [-0.2, 0) is 0 Å². The number of hydrogen-bond acceptors (Lipinski definition) is 3. The van der Waals surface area contributed by atoms with E-state index in [0.717, 1.165) is 0 Å². The van der Waals surface area contributed by atoms with Crippen molar-refractivity contribution in [3.8, 4) is 0 Å². The van der Waals surface area contributed by atoms with Gasteiger partial charge in [0.25, 0.3) is 5.91 Å². The number of fused-ring (bicyclic) bond motifs is 1. The number of carbonyl (C=O) groups excluding carboxylic acids is 1. The predicted molar refractivity (Wildman–Crippen MR) is 63.7 cm³/mol. The molecule has 0 bridgehead atoms. The minimum absolute atomic E-state index is 0.130. The summed E-state index contributed by atoms with van der Waals surface area (Å²) in [6, 6.07) is 0. The first-order valence-electron chi connectivity index (χ1n) is 4.88. The van der Waals surface area contributed by atoms with Crippen LogP contribution >= 0.6 is 15.9 Å². The second-order valence-corrected chi connectivity index (χ2v) is 5.02. The molecule has 0 fully saturated rings. The smallest absolute Gasteiger partial charge is 0.255 e. The molecule has 84 valence electrons. The van der Waals surface area contributed by atoms with Gasteiger partial charge < -0.3 is 5.32 Å². The maximum atomic E-state index is 11.8. The maximum Gasteiger partial charge on any atom is 0.255 e. The Hall–Kier alpha value is -1.43. The number of carbonyl (C=O) groups is 1. The van der Waals surface area contributed by atoms with E-state index < -0.39 is 0 Å². The van der Waals surface area contributed by atoms with Crippen molar-refractivity contribution in [1.82, 2.24) is 19.9 Å². The molecule has 0 aliphatic carbocycles. The molecule has 0 aromatic carbocycles. The van der Waals surface area contributed by atoms with Crippen molar-refractivity contribution in [3.05, 3.63) is 30.4 Å². The van der Waals surface area contributed by atoms with Crippen molar-refractivity contribution in [2.75, 3.05) is 6.54 Å². The molecule has 0 aliphatic heterocycles. The number of aromatic nitrogens is 3. The van der Waals surface area contributed by atoms with Gasteiger partial charge in [-0.1, -0.05) is 22.9 Å². The molecule has 1 N–H and O–H groups in total. The summed E-state index contributed by atoms with van der Waals surface area (Å²) >= 11 is 3.37. The number of halogens is 1. The van der Waals surface area contributed by atoms with E-state index >= 15 is 0 Å². The first kappa shape index (κ1) is 11.1. The normalized spacial score (nSPS) is 12.6. The summed E-state index contributed by atoms with van der Waals surface area (Å²) in [7, 11) is 0. The Labute approximate surface area is 101 Å². The quantitative estimate of drug-likeness (QED) is 0.862. The summed E-state index contributed by atoms with van der Waals surface area (Å²) in [5.74, 6) is -0.130. The van der Waals surface area contributed by atoms with Gasteiger partial charge in [0.2, 0.25) is 0 Å². The molecule has 0 saturated carbocycles. The van der Waals surface area contributed by atoms with Gasteiger partial charge in [0, 0.05) is 23.8 Å². The fourth-order valence-electron chi connectivity index (χ4n) is 1.34. The average molecular weight is 283 g/mol. The van der Waals surface area contributed by atoms with Crippen molar-refractivity contribution in [2.24, 2.45) is 0 Å². The Morgan fingerprint density at radius 2 is 2.44 bits per heavy atom. The number of nitrogens with zero attached hydrogens (tertiary/aromatic N) is 3. The Kier molecular flexibility index (Phi) is 3.19. The van der Waals surface area contributed by atoms with Gasteiger partial charge in [-0.15, -0.1) is 0 Å². The Morgan fingerprint density at radius 3 is 3.19 bits per heavy atom. The van der Waals surface area contributed by atoms with Crippen molar-refractivity contribution < 1.29 is 4.79 Å². The van der Waals surface area contributed by atoms with Gasteiger partial charge in [0.05, 0.1) is 23.5 Å². The standard InChI is InChI=1S/C10H11BrN4O/c1-7(11)4-13-10(16)8-5-14-15-3-2-12-6-9(8)15/h2-3,5-7H,4H2,1H3,(H,13,16). The van der Waals surface area contributed by atoms with Crippen LogP contribution in [0.1, 0.15) is 17.3 Å². The highest BCUT2D eigenvalue weighted by molar-refractivity contribution is 9.09. The number of amides is 1. The van der Waals surface area contributed by atoms with E-state index in [1.807, 2.05) is 6.92 Å². The topological polar surface area (TPSA) is 59.3 Å². The second kappa shape index (κ2) is 4.61. The van der Waals surface area contributed by atoms with Crippen LogP contribution in [-0.4, -0.2) is 31.9 Å². The number of rotatable bonds is 3. The van der Waals surface area contributed by atoms with Gasteiger partial charge in [0.1, 0.15) is 0 Å². The number of nitrogens with one attached hydrogen (secondary N) is 1. The molecule has 5 nitrogen and oxygen atoms in total. The fraction of sp³-hybridized carbons (Fsp3) is 0.300. The van der Waals surface area contributed by atoms with Gasteiger partial charge >= 0.3 is 0 Å². The molecule has 2 aromatic rings. The third kappa shape index (κ3) is 2.21. The minimum atomic E-state index is -0.130. The van der Waals surface area contributed by atoms with Gasteiger partial charge in [-0.05, 0) is 0 Å². The van der Waals surface area contributed by atoms with Gasteiger partial charge in [0.15, 0.2) is 0 Å². The maximum absolute atomic E-state index is 11.8. The highest BCUT2D eigenvalue weighted by Gasteiger charge is 2.12. The van der Waals surface area contributed by atoms with E-state index in [2.05, 4.69) is 31.3 Å². The van der Waals surface area contributed by atoms with Crippen molar-refractivity contribution >= 4 is 27.4 Å². The molecular weight excluding hydrogens is 272 g/mol. The first-order valence-corrected chi connectivity index (χ1v) is 5.79. The van der Waals surface area contributed by atoms with Crippen molar-refractivity contribution in [1.29, 1.82) is 0 Å². The summed E-state index contributed by atoms with van der Waals surface area (Å²) in [6.45, 7) is 2.55. The van der Waals surface area contributed by atoms with Gasteiger partial charge in [-0.2, -0.15) is 5.10 Å². The largest absolute Gasteiger partial charge is 0.351 e. The molecule has 16 heavy (non-hydrogen) atoms. The second-order valence-electron chi connectivity index (χ2n) is 3.46. The summed E-state index contributed by atoms with van der Waals surface area (Å²) in [6.07, 6.45) is 6.51. The zero-order chi connectivity index (χ0) is 11.5. The van der Waals surface area contributed by atoms with Crippen LogP contribution in [0, 0.1) is 0 Å². The molecule has 0 saturated heterocycles. The predicted octanol–water partition coefficient (Wildman–Crippen LogP) is 1.24. The highest BCUT2D eigenvalue weighted by Crippen LogP contribution is 2.08. The fourth-order valence-corrected chi connectivity index (χ4v) is 1.50. The first-order chi connectivity index (χ1) is 7.68. The van der Waals surface area contributed by atoms with E-state index in [1.165, 1.54) is 0 Å². The Balaban J connectivity index is 2.23. The van der Waals surface area contributed by atoms with Crippen LogP contribution in [0.4, 0.5) is 0 Å².